The van der Waals surface area contributed by atoms with Crippen molar-refractivity contribution in [3.63, 3.8) is 0 Å². The van der Waals surface area contributed by atoms with Crippen LogP contribution in [0.2, 0.25) is 0 Å². The lowest BCUT2D eigenvalue weighted by molar-refractivity contribution is 0.376. The zero-order chi connectivity index (χ0) is 15.5. The Labute approximate surface area is 144 Å². The van der Waals surface area contributed by atoms with Crippen LogP contribution in [0.5, 0.6) is 0 Å². The predicted octanol–water partition coefficient (Wildman–Crippen LogP) is 3.26. The fourth-order valence-electron chi connectivity index (χ4n) is 2.03. The largest absolute Gasteiger partial charge is 0.459 e. The van der Waals surface area contributed by atoms with E-state index in [0.717, 1.165) is 28.6 Å². The molecule has 1 N–H and O–H groups in total. The molecule has 0 spiro atoms. The van der Waals surface area contributed by atoms with Crippen molar-refractivity contribution in [2.24, 2.45) is 0 Å². The van der Waals surface area contributed by atoms with Gasteiger partial charge in [-0.3, -0.25) is 0 Å². The van der Waals surface area contributed by atoms with Crippen LogP contribution in [0.15, 0.2) is 26.5 Å². The van der Waals surface area contributed by atoms with Gasteiger partial charge in [0.1, 0.15) is 5.76 Å². The topological polar surface area (TPSA) is 77.0 Å². The summed E-state index contributed by atoms with van der Waals surface area (Å²) in [6.45, 7) is 4.00. The van der Waals surface area contributed by atoms with Crippen molar-refractivity contribution in [2.45, 2.75) is 32.7 Å². The summed E-state index contributed by atoms with van der Waals surface area (Å²) in [4.78, 5) is 8.96. The second-order valence-corrected chi connectivity index (χ2v) is 6.09. The smallest absolute Gasteiger partial charge is 0.232 e. The van der Waals surface area contributed by atoms with Crippen molar-refractivity contribution in [3.8, 4) is 10.8 Å². The summed E-state index contributed by atoms with van der Waals surface area (Å²) < 4.78 is 10.9. The summed E-state index contributed by atoms with van der Waals surface area (Å²) in [5, 5.41) is 10.0. The Balaban J connectivity index is 0.00000192. The average molecular weight is 355 g/mol. The van der Waals surface area contributed by atoms with E-state index in [1.807, 2.05) is 31.5 Å². The number of rotatable bonds is 6. The highest BCUT2D eigenvalue weighted by atomic mass is 35.5. The van der Waals surface area contributed by atoms with Crippen LogP contribution in [0.1, 0.15) is 30.1 Å². The molecule has 0 saturated carbocycles. The molecule has 0 radical (unpaired) electrons. The van der Waals surface area contributed by atoms with Crippen molar-refractivity contribution in [3.05, 3.63) is 40.7 Å². The highest BCUT2D eigenvalue weighted by Gasteiger charge is 2.13. The molecule has 8 heteroatoms. The summed E-state index contributed by atoms with van der Waals surface area (Å²) in [7, 11) is 1.92. The Hall–Kier alpha value is -1.70. The maximum Gasteiger partial charge on any atom is 0.232 e. The Morgan fingerprint density at radius 2 is 2.13 bits per heavy atom. The number of nitrogens with one attached hydrogen (secondary N) is 1. The van der Waals surface area contributed by atoms with E-state index >= 15 is 0 Å². The van der Waals surface area contributed by atoms with Crippen molar-refractivity contribution in [1.29, 1.82) is 0 Å². The molecule has 1 atom stereocenters. The van der Waals surface area contributed by atoms with Crippen LogP contribution in [0.25, 0.3) is 10.8 Å². The summed E-state index contributed by atoms with van der Waals surface area (Å²) in [6, 6.07) is 4.18. The third kappa shape index (κ3) is 4.40. The zero-order valence-corrected chi connectivity index (χ0v) is 14.8. The fraction of sp³-hybridized carbons (Fsp3) is 0.400. The molecule has 0 fully saturated rings. The molecule has 0 bridgehead atoms. The zero-order valence-electron chi connectivity index (χ0n) is 13.2. The normalized spacial score (nSPS) is 12.1. The van der Waals surface area contributed by atoms with Gasteiger partial charge in [0, 0.05) is 17.8 Å². The number of likely N-dealkylation sites (N-methyl/N-ethyl adjacent to an activating group) is 1. The van der Waals surface area contributed by atoms with Gasteiger partial charge in [-0.2, -0.15) is 4.98 Å². The van der Waals surface area contributed by atoms with Crippen molar-refractivity contribution in [2.75, 3.05) is 7.05 Å². The standard InChI is InChI=1S/C15H18N4O2S.ClH/c1-9(16-3)6-13-18-14(21-19-13)7-11-8-22-15(17-11)12-5-4-10(2)20-12;/h4-5,8-9,16H,6-7H2,1-3H3;1H. The number of furan rings is 1. The first-order valence-electron chi connectivity index (χ1n) is 7.14. The van der Waals surface area contributed by atoms with Gasteiger partial charge >= 0.3 is 0 Å². The fourth-order valence-corrected chi connectivity index (χ4v) is 2.81. The van der Waals surface area contributed by atoms with E-state index in [0.29, 0.717) is 24.2 Å². The number of hydrogen-bond acceptors (Lipinski definition) is 7. The van der Waals surface area contributed by atoms with Gasteiger partial charge in [0.05, 0.1) is 12.1 Å². The summed E-state index contributed by atoms with van der Waals surface area (Å²) in [6.07, 6.45) is 1.28. The quantitative estimate of drug-likeness (QED) is 0.732. The molecule has 23 heavy (non-hydrogen) atoms. The maximum absolute atomic E-state index is 5.58. The molecule has 6 nitrogen and oxygen atoms in total. The molecule has 0 amide bonds. The molecule has 124 valence electrons. The van der Waals surface area contributed by atoms with E-state index in [9.17, 15) is 0 Å². The van der Waals surface area contributed by atoms with Crippen LogP contribution in [0, 0.1) is 6.92 Å². The SMILES string of the molecule is CNC(C)Cc1noc(Cc2csc(-c3ccc(C)o3)n2)n1.Cl. The van der Waals surface area contributed by atoms with E-state index in [1.165, 1.54) is 0 Å². The third-order valence-corrected chi connectivity index (χ3v) is 4.23. The van der Waals surface area contributed by atoms with Gasteiger partial charge < -0.3 is 14.3 Å². The molecule has 0 aliphatic rings. The maximum atomic E-state index is 5.58. The predicted molar refractivity (Wildman–Crippen MR) is 91.1 cm³/mol. The lowest BCUT2D eigenvalue weighted by Crippen LogP contribution is -2.24. The lowest BCUT2D eigenvalue weighted by Gasteiger charge is -2.04. The van der Waals surface area contributed by atoms with E-state index in [4.69, 9.17) is 8.94 Å². The second kappa shape index (κ2) is 7.72. The van der Waals surface area contributed by atoms with Crippen LogP contribution >= 0.6 is 23.7 Å². The number of halogens is 1. The highest BCUT2D eigenvalue weighted by molar-refractivity contribution is 7.13. The van der Waals surface area contributed by atoms with E-state index in [2.05, 4.69) is 27.4 Å². The van der Waals surface area contributed by atoms with Gasteiger partial charge in [0.15, 0.2) is 16.6 Å². The number of aryl methyl sites for hydroxylation is 1. The van der Waals surface area contributed by atoms with Gasteiger partial charge in [-0.15, -0.1) is 23.7 Å². The first-order valence-corrected chi connectivity index (χ1v) is 8.02. The Kier molecular flexibility index (Phi) is 5.92. The van der Waals surface area contributed by atoms with E-state index in [1.54, 1.807) is 11.3 Å². The third-order valence-electron chi connectivity index (χ3n) is 3.33. The molecular formula is C15H19ClN4O2S. The molecule has 3 heterocycles. The van der Waals surface area contributed by atoms with Crippen LogP contribution in [0.4, 0.5) is 0 Å². The highest BCUT2D eigenvalue weighted by Crippen LogP contribution is 2.26. The summed E-state index contributed by atoms with van der Waals surface area (Å²) in [5.41, 5.74) is 0.908. The van der Waals surface area contributed by atoms with Gasteiger partial charge in [0.2, 0.25) is 5.89 Å². The van der Waals surface area contributed by atoms with Gasteiger partial charge in [-0.05, 0) is 33.0 Å². The van der Waals surface area contributed by atoms with E-state index in [-0.39, 0.29) is 12.4 Å². The first kappa shape index (κ1) is 17.7. The molecule has 3 aromatic rings. The van der Waals surface area contributed by atoms with Crippen LogP contribution in [-0.2, 0) is 12.8 Å². The summed E-state index contributed by atoms with van der Waals surface area (Å²) in [5.74, 6) is 2.98. The van der Waals surface area contributed by atoms with Gasteiger partial charge in [-0.1, -0.05) is 5.16 Å². The van der Waals surface area contributed by atoms with Crippen molar-refractivity contribution in [1.82, 2.24) is 20.4 Å². The van der Waals surface area contributed by atoms with Crippen LogP contribution < -0.4 is 5.32 Å². The van der Waals surface area contributed by atoms with E-state index < -0.39 is 0 Å². The monoisotopic (exact) mass is 354 g/mol. The second-order valence-electron chi connectivity index (χ2n) is 5.23. The Morgan fingerprint density at radius 3 is 2.83 bits per heavy atom. The average Bonchev–Trinajstić information content (AvgIpc) is 3.21. The number of thiazole rings is 1. The first-order chi connectivity index (χ1) is 10.6. The minimum atomic E-state index is 0. The molecule has 0 saturated heterocycles. The van der Waals surface area contributed by atoms with Gasteiger partial charge in [0.25, 0.3) is 0 Å². The molecule has 0 aliphatic heterocycles. The molecule has 0 aromatic carbocycles. The molecule has 1 unspecified atom stereocenters. The molecular weight excluding hydrogens is 336 g/mol. The molecule has 3 rings (SSSR count). The minimum absolute atomic E-state index is 0. The molecule has 3 aromatic heterocycles. The Bertz CT molecular complexity index is 752. The van der Waals surface area contributed by atoms with Gasteiger partial charge in [-0.25, -0.2) is 4.98 Å². The van der Waals surface area contributed by atoms with Crippen LogP contribution in [-0.4, -0.2) is 28.2 Å². The lowest BCUT2D eigenvalue weighted by atomic mass is 10.2. The van der Waals surface area contributed by atoms with Crippen molar-refractivity contribution < 1.29 is 8.94 Å². The number of nitrogens with zero attached hydrogens (tertiary/aromatic N) is 3. The van der Waals surface area contributed by atoms with Crippen LogP contribution in [0.3, 0.4) is 0 Å². The van der Waals surface area contributed by atoms with Crippen molar-refractivity contribution >= 4 is 23.7 Å². The Morgan fingerprint density at radius 1 is 1.30 bits per heavy atom. The minimum Gasteiger partial charge on any atom is -0.459 e. The molecule has 0 aliphatic carbocycles. The summed E-state index contributed by atoms with van der Waals surface area (Å²) >= 11 is 1.55. The number of aromatic nitrogens is 3. The number of hydrogen-bond donors (Lipinski definition) is 1.